The predicted molar refractivity (Wildman–Crippen MR) is 157 cm³/mol. The molecule has 0 aliphatic carbocycles. The van der Waals surface area contributed by atoms with Crippen molar-refractivity contribution in [1.29, 1.82) is 0 Å². The van der Waals surface area contributed by atoms with E-state index in [4.69, 9.17) is 0 Å². The van der Waals surface area contributed by atoms with Gasteiger partial charge in [0.15, 0.2) is 0 Å². The molecule has 0 spiro atoms. The lowest BCUT2D eigenvalue weighted by molar-refractivity contribution is 0.273. The van der Waals surface area contributed by atoms with Gasteiger partial charge in [-0.05, 0) is 31.4 Å². The van der Waals surface area contributed by atoms with Crippen LogP contribution in [0.5, 0.6) is 0 Å². The Bertz CT molecular complexity index is 611. The highest BCUT2D eigenvalue weighted by molar-refractivity contribution is 5.51. The summed E-state index contributed by atoms with van der Waals surface area (Å²) < 4.78 is 0. The van der Waals surface area contributed by atoms with Crippen LogP contribution in [0.15, 0.2) is 42.7 Å². The Morgan fingerprint density at radius 1 is 0.514 bits per heavy atom. The van der Waals surface area contributed by atoms with E-state index in [0.29, 0.717) is 6.17 Å². The number of benzene rings is 1. The second-order valence-corrected chi connectivity index (χ2v) is 10.9. The third kappa shape index (κ3) is 13.4. The smallest absolute Gasteiger partial charge is 0.105 e. The van der Waals surface area contributed by atoms with Crippen LogP contribution in [0.3, 0.4) is 0 Å². The van der Waals surface area contributed by atoms with Gasteiger partial charge in [0.25, 0.3) is 0 Å². The van der Waals surface area contributed by atoms with Crippen LogP contribution >= 0.6 is 0 Å². The van der Waals surface area contributed by atoms with Crippen molar-refractivity contribution >= 4 is 5.69 Å². The lowest BCUT2D eigenvalue weighted by atomic mass is 10.0. The third-order valence-electron chi connectivity index (χ3n) is 7.76. The minimum Gasteiger partial charge on any atom is -0.356 e. The first kappa shape index (κ1) is 29.8. The van der Waals surface area contributed by atoms with Gasteiger partial charge in [-0.2, -0.15) is 0 Å². The topological polar surface area (TPSA) is 6.48 Å². The molecule has 1 atom stereocenters. The zero-order chi connectivity index (χ0) is 24.8. The molecule has 0 N–H and O–H groups in total. The second kappa shape index (κ2) is 20.7. The van der Waals surface area contributed by atoms with Crippen LogP contribution < -0.4 is 4.90 Å². The van der Waals surface area contributed by atoms with E-state index in [1.807, 2.05) is 0 Å². The normalized spacial score (nSPS) is 15.4. The van der Waals surface area contributed by atoms with Crippen LogP contribution in [0.1, 0.15) is 149 Å². The number of hydrogen-bond donors (Lipinski definition) is 0. The molecule has 200 valence electrons. The molecule has 2 heteroatoms. The van der Waals surface area contributed by atoms with E-state index < -0.39 is 0 Å². The summed E-state index contributed by atoms with van der Waals surface area (Å²) in [6, 6.07) is 11.0. The lowest BCUT2D eigenvalue weighted by Gasteiger charge is -2.33. The molecule has 2 nitrogen and oxygen atoms in total. The Balaban J connectivity index is 1.57. The van der Waals surface area contributed by atoms with Gasteiger partial charge in [-0.25, -0.2) is 0 Å². The first-order valence-corrected chi connectivity index (χ1v) is 15.6. The van der Waals surface area contributed by atoms with Crippen LogP contribution in [0.4, 0.5) is 5.69 Å². The van der Waals surface area contributed by atoms with Crippen molar-refractivity contribution in [3.8, 4) is 0 Å². The van der Waals surface area contributed by atoms with E-state index in [9.17, 15) is 0 Å². The van der Waals surface area contributed by atoms with Crippen LogP contribution in [-0.2, 0) is 0 Å². The third-order valence-corrected chi connectivity index (χ3v) is 7.76. The van der Waals surface area contributed by atoms with Gasteiger partial charge in [-0.3, -0.25) is 0 Å². The maximum absolute atomic E-state index is 2.62. The summed E-state index contributed by atoms with van der Waals surface area (Å²) in [6.45, 7) is 5.81. The van der Waals surface area contributed by atoms with Crippen molar-refractivity contribution in [3.63, 3.8) is 0 Å². The summed E-state index contributed by atoms with van der Waals surface area (Å²) in [5.41, 5.74) is 1.34. The molecule has 1 aliphatic heterocycles. The molecule has 1 aliphatic rings. The molecule has 0 saturated carbocycles. The average molecular weight is 483 g/mol. The molecule has 0 fully saturated rings. The van der Waals surface area contributed by atoms with Crippen LogP contribution in [0.25, 0.3) is 0 Å². The SMILES string of the molecule is CCCCCCCCCCCCCCCCN1C=CN(c2ccccc2)C1CCCCCCCC. The van der Waals surface area contributed by atoms with Crippen LogP contribution in [0.2, 0.25) is 0 Å². The van der Waals surface area contributed by atoms with Crippen molar-refractivity contribution in [2.45, 2.75) is 155 Å². The van der Waals surface area contributed by atoms with Gasteiger partial charge >= 0.3 is 0 Å². The maximum atomic E-state index is 2.62. The lowest BCUT2D eigenvalue weighted by Crippen LogP contribution is -2.39. The van der Waals surface area contributed by atoms with Crippen molar-refractivity contribution in [3.05, 3.63) is 42.7 Å². The molecule has 2 rings (SSSR count). The number of unbranched alkanes of at least 4 members (excludes halogenated alkanes) is 18. The maximum Gasteiger partial charge on any atom is 0.105 e. The monoisotopic (exact) mass is 482 g/mol. The Morgan fingerprint density at radius 2 is 0.971 bits per heavy atom. The Hall–Kier alpha value is -1.44. The number of hydrogen-bond acceptors (Lipinski definition) is 2. The van der Waals surface area contributed by atoms with Gasteiger partial charge < -0.3 is 9.80 Å². The molecule has 1 aromatic carbocycles. The van der Waals surface area contributed by atoms with Crippen LogP contribution in [0, 0.1) is 0 Å². The number of anilines is 1. The molecule has 35 heavy (non-hydrogen) atoms. The molecule has 0 aromatic heterocycles. The quantitative estimate of drug-likeness (QED) is 0.143. The van der Waals surface area contributed by atoms with E-state index in [-0.39, 0.29) is 0 Å². The highest BCUT2D eigenvalue weighted by atomic mass is 15.4. The molecule has 0 bridgehead atoms. The van der Waals surface area contributed by atoms with Crippen molar-refractivity contribution in [2.24, 2.45) is 0 Å². The molecule has 0 amide bonds. The fourth-order valence-electron chi connectivity index (χ4n) is 5.50. The zero-order valence-electron chi connectivity index (χ0n) is 23.6. The number of nitrogens with zero attached hydrogens (tertiary/aromatic N) is 2. The Kier molecular flexibility index (Phi) is 17.6. The largest absolute Gasteiger partial charge is 0.356 e. The van der Waals surface area contributed by atoms with Gasteiger partial charge in [0, 0.05) is 24.6 Å². The highest BCUT2D eigenvalue weighted by Crippen LogP contribution is 2.28. The summed E-state index contributed by atoms with van der Waals surface area (Å²) in [6.07, 6.45) is 34.7. The summed E-state index contributed by atoms with van der Waals surface area (Å²) in [4.78, 5) is 5.13. The molecule has 1 heterocycles. The minimum absolute atomic E-state index is 0.505. The Labute approximate surface area is 219 Å². The summed E-state index contributed by atoms with van der Waals surface area (Å²) >= 11 is 0. The molecule has 1 aromatic rings. The Morgan fingerprint density at radius 3 is 1.49 bits per heavy atom. The average Bonchev–Trinajstić information content (AvgIpc) is 3.29. The first-order valence-electron chi connectivity index (χ1n) is 15.6. The molecular weight excluding hydrogens is 424 g/mol. The minimum atomic E-state index is 0.505. The van der Waals surface area contributed by atoms with E-state index in [0.717, 1.165) is 0 Å². The summed E-state index contributed by atoms with van der Waals surface area (Å²) in [5, 5.41) is 0. The van der Waals surface area contributed by atoms with Crippen molar-refractivity contribution in [1.82, 2.24) is 4.90 Å². The number of rotatable bonds is 23. The van der Waals surface area contributed by atoms with Gasteiger partial charge in [0.1, 0.15) is 6.17 Å². The predicted octanol–water partition coefficient (Wildman–Crippen LogP) is 10.8. The fourth-order valence-corrected chi connectivity index (χ4v) is 5.50. The van der Waals surface area contributed by atoms with Crippen LogP contribution in [-0.4, -0.2) is 17.6 Å². The first-order chi connectivity index (χ1) is 17.4. The van der Waals surface area contributed by atoms with Gasteiger partial charge in [-0.15, -0.1) is 0 Å². The van der Waals surface area contributed by atoms with E-state index in [1.165, 1.54) is 147 Å². The van der Waals surface area contributed by atoms with Crippen molar-refractivity contribution in [2.75, 3.05) is 11.4 Å². The van der Waals surface area contributed by atoms with Gasteiger partial charge in [-0.1, -0.05) is 148 Å². The molecule has 1 unspecified atom stereocenters. The summed E-state index contributed by atoms with van der Waals surface area (Å²) in [7, 11) is 0. The van der Waals surface area contributed by atoms with Crippen molar-refractivity contribution < 1.29 is 0 Å². The standard InChI is InChI=1S/C33H58N2/c1-3-5-7-9-11-12-13-14-15-16-17-18-20-25-29-34-30-31-35(32-26-22-21-23-27-32)33(34)28-24-19-10-8-6-4-2/h21-23,26-27,30-31,33H,3-20,24-25,28-29H2,1-2H3. The zero-order valence-corrected chi connectivity index (χ0v) is 23.6. The second-order valence-electron chi connectivity index (χ2n) is 10.9. The van der Waals surface area contributed by atoms with E-state index in [1.54, 1.807) is 0 Å². The highest BCUT2D eigenvalue weighted by Gasteiger charge is 2.26. The van der Waals surface area contributed by atoms with E-state index in [2.05, 4.69) is 66.4 Å². The summed E-state index contributed by atoms with van der Waals surface area (Å²) in [5.74, 6) is 0. The fraction of sp³-hybridized carbons (Fsp3) is 0.758. The van der Waals surface area contributed by atoms with Gasteiger partial charge in [0.2, 0.25) is 0 Å². The number of para-hydroxylation sites is 1. The molecular formula is C33H58N2. The molecule has 0 radical (unpaired) electrons. The van der Waals surface area contributed by atoms with E-state index >= 15 is 0 Å². The molecule has 0 saturated heterocycles. The van der Waals surface area contributed by atoms with Gasteiger partial charge in [0.05, 0.1) is 0 Å².